The van der Waals surface area contributed by atoms with Crippen molar-refractivity contribution in [2.75, 3.05) is 38.2 Å². The molecule has 0 radical (unpaired) electrons. The van der Waals surface area contributed by atoms with Gasteiger partial charge in [-0.25, -0.2) is 0 Å². The van der Waals surface area contributed by atoms with Crippen LogP contribution in [0.5, 0.6) is 0 Å². The Balaban J connectivity index is 2.24. The van der Waals surface area contributed by atoms with Gasteiger partial charge in [0.1, 0.15) is 0 Å². The Labute approximate surface area is 118 Å². The normalized spacial score (nSPS) is 26.1. The average molecular weight is 313 g/mol. The zero-order valence-corrected chi connectivity index (χ0v) is 12.6. The zero-order valence-electron chi connectivity index (χ0n) is 11.0. The van der Waals surface area contributed by atoms with E-state index in [4.69, 9.17) is 0 Å². The minimum absolute atomic E-state index is 0.210. The third-order valence-electron chi connectivity index (χ3n) is 3.59. The molecule has 3 nitrogen and oxygen atoms in total. The Bertz CT molecular complexity index is 399. The molecule has 1 aliphatic rings. The van der Waals surface area contributed by atoms with Crippen LogP contribution >= 0.6 is 15.9 Å². The molecular weight excluding hydrogens is 292 g/mol. The highest BCUT2D eigenvalue weighted by Gasteiger charge is 2.26. The lowest BCUT2D eigenvalue weighted by molar-refractivity contribution is 0.151. The van der Waals surface area contributed by atoms with Gasteiger partial charge in [-0.15, -0.1) is 0 Å². The number of para-hydroxylation sites is 1. The zero-order chi connectivity index (χ0) is 13.1. The van der Waals surface area contributed by atoms with Crippen molar-refractivity contribution in [1.82, 2.24) is 4.90 Å². The van der Waals surface area contributed by atoms with Gasteiger partial charge < -0.3 is 10.0 Å². The van der Waals surface area contributed by atoms with Crippen LogP contribution in [0.25, 0.3) is 0 Å². The predicted octanol–water partition coefficient (Wildman–Crippen LogP) is 2.20. The van der Waals surface area contributed by atoms with Crippen LogP contribution in [0.3, 0.4) is 0 Å². The minimum Gasteiger partial charge on any atom is -0.395 e. The van der Waals surface area contributed by atoms with E-state index in [-0.39, 0.29) is 12.6 Å². The summed E-state index contributed by atoms with van der Waals surface area (Å²) >= 11 is 3.62. The van der Waals surface area contributed by atoms with Gasteiger partial charge >= 0.3 is 0 Å². The summed E-state index contributed by atoms with van der Waals surface area (Å²) < 4.78 is 1.12. The van der Waals surface area contributed by atoms with Gasteiger partial charge in [0.05, 0.1) is 12.3 Å². The van der Waals surface area contributed by atoms with E-state index in [0.29, 0.717) is 5.92 Å². The molecule has 0 amide bonds. The maximum absolute atomic E-state index is 9.53. The molecule has 0 spiro atoms. The van der Waals surface area contributed by atoms with Crippen molar-refractivity contribution < 1.29 is 5.11 Å². The lowest BCUT2D eigenvalue weighted by Crippen LogP contribution is -2.41. The van der Waals surface area contributed by atoms with Gasteiger partial charge in [0.15, 0.2) is 0 Å². The first kappa shape index (κ1) is 13.8. The fraction of sp³-hybridized carbons (Fsp3) is 0.571. The molecule has 1 heterocycles. The van der Waals surface area contributed by atoms with Crippen LogP contribution < -0.4 is 4.90 Å². The van der Waals surface area contributed by atoms with E-state index in [1.54, 1.807) is 0 Å². The molecule has 1 saturated heterocycles. The number of nitrogens with zero attached hydrogens (tertiary/aromatic N) is 2. The molecule has 18 heavy (non-hydrogen) atoms. The second kappa shape index (κ2) is 6.04. The van der Waals surface area contributed by atoms with Crippen LogP contribution in [-0.2, 0) is 0 Å². The third-order valence-corrected chi connectivity index (χ3v) is 4.26. The molecule has 2 unspecified atom stereocenters. The lowest BCUT2D eigenvalue weighted by Gasteiger charge is -2.29. The van der Waals surface area contributed by atoms with Gasteiger partial charge in [0.2, 0.25) is 0 Å². The molecular formula is C14H21BrN2O. The molecule has 1 aliphatic heterocycles. The number of aliphatic hydroxyl groups is 1. The van der Waals surface area contributed by atoms with Crippen LogP contribution in [0.4, 0.5) is 5.69 Å². The third kappa shape index (κ3) is 3.05. The number of halogens is 1. The predicted molar refractivity (Wildman–Crippen MR) is 79.0 cm³/mol. The second-order valence-electron chi connectivity index (χ2n) is 5.24. The molecule has 4 heteroatoms. The van der Waals surface area contributed by atoms with Gasteiger partial charge in [-0.1, -0.05) is 19.1 Å². The summed E-state index contributed by atoms with van der Waals surface area (Å²) in [5.74, 6) is 0.596. The fourth-order valence-electron chi connectivity index (χ4n) is 2.64. The Kier molecular flexibility index (Phi) is 4.65. The Hall–Kier alpha value is -0.580. The number of rotatable bonds is 2. The number of benzene rings is 1. The number of hydrogen-bond donors (Lipinski definition) is 1. The molecule has 2 rings (SSSR count). The molecule has 1 aromatic carbocycles. The van der Waals surface area contributed by atoms with Gasteiger partial charge in [-0.3, -0.25) is 4.90 Å². The van der Waals surface area contributed by atoms with Crippen molar-refractivity contribution in [1.29, 1.82) is 0 Å². The molecule has 1 aromatic rings. The molecule has 0 aromatic heterocycles. The SMILES string of the molecule is CC1CN(c2ccccc2Br)CC(CO)N(C)C1. The standard InChI is InChI=1S/C14H21BrN2O/c1-11-7-16(2)12(10-18)9-17(8-11)14-6-4-3-5-13(14)15/h3-6,11-12,18H,7-10H2,1-2H3. The van der Waals surface area contributed by atoms with E-state index in [1.807, 2.05) is 6.07 Å². The first-order chi connectivity index (χ1) is 8.61. The average Bonchev–Trinajstić information content (AvgIpc) is 2.48. The van der Waals surface area contributed by atoms with Crippen LogP contribution in [0.1, 0.15) is 6.92 Å². The second-order valence-corrected chi connectivity index (χ2v) is 6.09. The number of hydrogen-bond acceptors (Lipinski definition) is 3. The molecule has 0 bridgehead atoms. The van der Waals surface area contributed by atoms with Crippen LogP contribution in [0, 0.1) is 5.92 Å². The number of likely N-dealkylation sites (N-methyl/N-ethyl adjacent to an activating group) is 1. The number of anilines is 1. The van der Waals surface area contributed by atoms with E-state index in [1.165, 1.54) is 5.69 Å². The molecule has 1 N–H and O–H groups in total. The van der Waals surface area contributed by atoms with Gasteiger partial charge in [-0.2, -0.15) is 0 Å². The largest absolute Gasteiger partial charge is 0.395 e. The van der Waals surface area contributed by atoms with Gasteiger partial charge in [-0.05, 0) is 41.0 Å². The van der Waals surface area contributed by atoms with E-state index in [9.17, 15) is 5.11 Å². The fourth-order valence-corrected chi connectivity index (χ4v) is 3.18. The quantitative estimate of drug-likeness (QED) is 0.907. The van der Waals surface area contributed by atoms with Crippen molar-refractivity contribution >= 4 is 21.6 Å². The minimum atomic E-state index is 0.210. The maximum atomic E-state index is 9.53. The summed E-state index contributed by atoms with van der Waals surface area (Å²) in [6, 6.07) is 8.51. The van der Waals surface area contributed by atoms with Crippen molar-refractivity contribution in [3.63, 3.8) is 0 Å². The topological polar surface area (TPSA) is 26.7 Å². The monoisotopic (exact) mass is 312 g/mol. The first-order valence-electron chi connectivity index (χ1n) is 6.42. The highest BCUT2D eigenvalue weighted by Crippen LogP contribution is 2.28. The van der Waals surface area contributed by atoms with Crippen LogP contribution in [0.15, 0.2) is 28.7 Å². The summed E-state index contributed by atoms with van der Waals surface area (Å²) in [6.07, 6.45) is 0. The Morgan fingerprint density at radius 2 is 2.00 bits per heavy atom. The summed E-state index contributed by atoms with van der Waals surface area (Å²) in [4.78, 5) is 4.64. The van der Waals surface area contributed by atoms with Crippen molar-refractivity contribution in [2.24, 2.45) is 5.92 Å². The van der Waals surface area contributed by atoms with Gasteiger partial charge in [0, 0.05) is 30.1 Å². The van der Waals surface area contributed by atoms with Crippen LogP contribution in [0.2, 0.25) is 0 Å². The van der Waals surface area contributed by atoms with E-state index < -0.39 is 0 Å². The Morgan fingerprint density at radius 1 is 1.28 bits per heavy atom. The molecule has 0 saturated carbocycles. The van der Waals surface area contributed by atoms with E-state index in [0.717, 1.165) is 24.1 Å². The maximum Gasteiger partial charge on any atom is 0.0604 e. The Morgan fingerprint density at radius 3 is 2.67 bits per heavy atom. The highest BCUT2D eigenvalue weighted by atomic mass is 79.9. The van der Waals surface area contributed by atoms with Crippen LogP contribution in [-0.4, -0.2) is 49.3 Å². The van der Waals surface area contributed by atoms with E-state index in [2.05, 4.69) is 57.9 Å². The van der Waals surface area contributed by atoms with Crippen molar-refractivity contribution in [3.8, 4) is 0 Å². The first-order valence-corrected chi connectivity index (χ1v) is 7.21. The summed E-state index contributed by atoms with van der Waals surface area (Å²) in [7, 11) is 2.10. The van der Waals surface area contributed by atoms with Crippen molar-refractivity contribution in [3.05, 3.63) is 28.7 Å². The molecule has 2 atom stereocenters. The number of aliphatic hydroxyl groups excluding tert-OH is 1. The highest BCUT2D eigenvalue weighted by molar-refractivity contribution is 9.10. The smallest absolute Gasteiger partial charge is 0.0604 e. The summed E-state index contributed by atoms with van der Waals surface area (Å²) in [5, 5.41) is 9.53. The van der Waals surface area contributed by atoms with Crippen molar-refractivity contribution in [2.45, 2.75) is 13.0 Å². The molecule has 1 fully saturated rings. The molecule has 0 aliphatic carbocycles. The van der Waals surface area contributed by atoms with E-state index >= 15 is 0 Å². The molecule has 100 valence electrons. The lowest BCUT2D eigenvalue weighted by atomic mass is 10.1. The summed E-state index contributed by atoms with van der Waals surface area (Å²) in [6.45, 7) is 5.42. The van der Waals surface area contributed by atoms with Gasteiger partial charge in [0.25, 0.3) is 0 Å². The summed E-state index contributed by atoms with van der Waals surface area (Å²) in [5.41, 5.74) is 1.22.